The zero-order valence-corrected chi connectivity index (χ0v) is 16.6. The number of ether oxygens (including phenoxy) is 1. The van der Waals surface area contributed by atoms with Crippen LogP contribution in [0.3, 0.4) is 0 Å². The number of halogens is 1. The van der Waals surface area contributed by atoms with Crippen molar-refractivity contribution < 1.29 is 9.53 Å². The fourth-order valence-electron chi connectivity index (χ4n) is 2.50. The molecule has 0 aliphatic carbocycles. The second-order valence-corrected chi connectivity index (χ2v) is 7.33. The molecule has 27 heavy (non-hydrogen) atoms. The molecule has 4 nitrogen and oxygen atoms in total. The predicted molar refractivity (Wildman–Crippen MR) is 111 cm³/mol. The van der Waals surface area contributed by atoms with Crippen molar-refractivity contribution >= 4 is 28.8 Å². The molecule has 140 valence electrons. The van der Waals surface area contributed by atoms with E-state index in [1.165, 1.54) is 5.56 Å². The van der Waals surface area contributed by atoms with Crippen molar-refractivity contribution in [2.45, 2.75) is 19.8 Å². The average molecular weight is 401 g/mol. The maximum atomic E-state index is 11.9. The van der Waals surface area contributed by atoms with E-state index in [1.807, 2.05) is 53.9 Å². The third-order valence-electron chi connectivity index (χ3n) is 4.05. The number of nitrogens with one attached hydrogen (secondary N) is 1. The van der Waals surface area contributed by atoms with Crippen LogP contribution in [0.4, 0.5) is 0 Å². The van der Waals surface area contributed by atoms with Crippen LogP contribution in [0.2, 0.25) is 5.02 Å². The number of thiazole rings is 1. The van der Waals surface area contributed by atoms with Crippen LogP contribution in [-0.4, -0.2) is 24.0 Å². The van der Waals surface area contributed by atoms with E-state index in [0.29, 0.717) is 23.7 Å². The predicted octanol–water partition coefficient (Wildman–Crippen LogP) is 4.76. The topological polar surface area (TPSA) is 51.2 Å². The molecule has 0 radical (unpaired) electrons. The van der Waals surface area contributed by atoms with Crippen molar-refractivity contribution in [2.24, 2.45) is 0 Å². The standard InChI is InChI=1S/C21H21ClN2O2S/c1-2-15-3-9-19(10-4-15)26-13-20(25)23-12-11-18-14-27-21(24-18)16-5-7-17(22)8-6-16/h3-10,14H,2,11-13H2,1H3,(H,23,25). The van der Waals surface area contributed by atoms with Gasteiger partial charge in [-0.2, -0.15) is 0 Å². The van der Waals surface area contributed by atoms with E-state index in [2.05, 4.69) is 17.2 Å². The first kappa shape index (κ1) is 19.4. The smallest absolute Gasteiger partial charge is 0.257 e. The normalized spacial score (nSPS) is 10.6. The minimum Gasteiger partial charge on any atom is -0.484 e. The van der Waals surface area contributed by atoms with E-state index < -0.39 is 0 Å². The van der Waals surface area contributed by atoms with Crippen LogP contribution in [0, 0.1) is 0 Å². The minimum absolute atomic E-state index is 0.0125. The summed E-state index contributed by atoms with van der Waals surface area (Å²) in [6.45, 7) is 2.64. The van der Waals surface area contributed by atoms with Crippen molar-refractivity contribution in [2.75, 3.05) is 13.2 Å². The molecule has 6 heteroatoms. The van der Waals surface area contributed by atoms with Gasteiger partial charge < -0.3 is 10.1 Å². The second-order valence-electron chi connectivity index (χ2n) is 6.04. The van der Waals surface area contributed by atoms with Crippen LogP contribution in [0.15, 0.2) is 53.9 Å². The number of carbonyl (C=O) groups is 1. The summed E-state index contributed by atoms with van der Waals surface area (Å²) in [6.07, 6.45) is 1.66. The number of aryl methyl sites for hydroxylation is 1. The van der Waals surface area contributed by atoms with Crippen molar-refractivity contribution in [1.82, 2.24) is 10.3 Å². The fourth-order valence-corrected chi connectivity index (χ4v) is 3.48. The molecule has 0 bridgehead atoms. The van der Waals surface area contributed by atoms with Crippen molar-refractivity contribution in [3.8, 4) is 16.3 Å². The molecule has 2 aromatic carbocycles. The summed E-state index contributed by atoms with van der Waals surface area (Å²) in [7, 11) is 0. The second kappa shape index (κ2) is 9.53. The molecule has 0 spiro atoms. The zero-order chi connectivity index (χ0) is 19.1. The third-order valence-corrected chi connectivity index (χ3v) is 5.24. The molecule has 0 fully saturated rings. The van der Waals surface area contributed by atoms with E-state index in [0.717, 1.165) is 22.7 Å². The van der Waals surface area contributed by atoms with Gasteiger partial charge >= 0.3 is 0 Å². The summed E-state index contributed by atoms with van der Waals surface area (Å²) in [5.41, 5.74) is 3.25. The van der Waals surface area contributed by atoms with Crippen molar-refractivity contribution in [3.05, 3.63) is 70.2 Å². The zero-order valence-electron chi connectivity index (χ0n) is 15.1. The van der Waals surface area contributed by atoms with Crippen molar-refractivity contribution in [3.63, 3.8) is 0 Å². The van der Waals surface area contributed by atoms with Gasteiger partial charge in [-0.3, -0.25) is 4.79 Å². The van der Waals surface area contributed by atoms with Crippen LogP contribution in [0.25, 0.3) is 10.6 Å². The van der Waals surface area contributed by atoms with Gasteiger partial charge in [0.25, 0.3) is 5.91 Å². The number of aromatic nitrogens is 1. The van der Waals surface area contributed by atoms with Crippen LogP contribution < -0.4 is 10.1 Å². The Morgan fingerprint density at radius 3 is 2.59 bits per heavy atom. The first-order valence-electron chi connectivity index (χ1n) is 8.83. The summed E-state index contributed by atoms with van der Waals surface area (Å²) in [5.74, 6) is 0.567. The summed E-state index contributed by atoms with van der Waals surface area (Å²) in [4.78, 5) is 16.5. The molecule has 1 heterocycles. The fraction of sp³-hybridized carbons (Fsp3) is 0.238. The molecular weight excluding hydrogens is 380 g/mol. The molecule has 0 saturated heterocycles. The molecule has 0 aliphatic rings. The lowest BCUT2D eigenvalue weighted by Crippen LogP contribution is -2.30. The highest BCUT2D eigenvalue weighted by atomic mass is 35.5. The van der Waals surface area contributed by atoms with Gasteiger partial charge in [0.15, 0.2) is 6.61 Å². The molecule has 3 rings (SSSR count). The van der Waals surface area contributed by atoms with Crippen LogP contribution in [-0.2, 0) is 17.6 Å². The Bertz CT molecular complexity index is 876. The van der Waals surface area contributed by atoms with E-state index in [1.54, 1.807) is 11.3 Å². The molecule has 0 saturated carbocycles. The Morgan fingerprint density at radius 1 is 1.15 bits per heavy atom. The van der Waals surface area contributed by atoms with E-state index >= 15 is 0 Å². The lowest BCUT2D eigenvalue weighted by Gasteiger charge is -2.07. The Labute approximate surface area is 168 Å². The Kier molecular flexibility index (Phi) is 6.85. The molecule has 1 amide bonds. The third kappa shape index (κ3) is 5.81. The van der Waals surface area contributed by atoms with E-state index in [4.69, 9.17) is 16.3 Å². The Balaban J connectivity index is 1.41. The molecule has 0 aliphatic heterocycles. The van der Waals surface area contributed by atoms with Gasteiger partial charge in [0.05, 0.1) is 5.69 Å². The van der Waals surface area contributed by atoms with Crippen LogP contribution >= 0.6 is 22.9 Å². The molecule has 1 aromatic heterocycles. The number of hydrogen-bond acceptors (Lipinski definition) is 4. The molecular formula is C21H21ClN2O2S. The van der Waals surface area contributed by atoms with E-state index in [9.17, 15) is 4.79 Å². The molecule has 0 unspecified atom stereocenters. The minimum atomic E-state index is -0.136. The largest absolute Gasteiger partial charge is 0.484 e. The highest BCUT2D eigenvalue weighted by Crippen LogP contribution is 2.25. The summed E-state index contributed by atoms with van der Waals surface area (Å²) < 4.78 is 5.51. The van der Waals surface area contributed by atoms with Gasteiger partial charge in [-0.1, -0.05) is 42.8 Å². The molecule has 3 aromatic rings. The van der Waals surface area contributed by atoms with Crippen LogP contribution in [0.1, 0.15) is 18.2 Å². The Hall–Kier alpha value is -2.37. The number of benzene rings is 2. The lowest BCUT2D eigenvalue weighted by molar-refractivity contribution is -0.123. The van der Waals surface area contributed by atoms with E-state index in [-0.39, 0.29) is 12.5 Å². The summed E-state index contributed by atoms with van der Waals surface area (Å²) in [6, 6.07) is 15.4. The van der Waals surface area contributed by atoms with Crippen LogP contribution in [0.5, 0.6) is 5.75 Å². The van der Waals surface area contributed by atoms with Gasteiger partial charge in [0.2, 0.25) is 0 Å². The van der Waals surface area contributed by atoms with Gasteiger partial charge in [-0.15, -0.1) is 11.3 Å². The maximum absolute atomic E-state index is 11.9. The van der Waals surface area contributed by atoms with Gasteiger partial charge in [-0.05, 0) is 36.2 Å². The van der Waals surface area contributed by atoms with Gasteiger partial charge in [0, 0.05) is 28.9 Å². The molecule has 0 atom stereocenters. The van der Waals surface area contributed by atoms with Gasteiger partial charge in [0.1, 0.15) is 10.8 Å². The number of carbonyl (C=O) groups excluding carboxylic acids is 1. The first-order chi connectivity index (χ1) is 13.1. The number of nitrogens with zero attached hydrogens (tertiary/aromatic N) is 1. The summed E-state index contributed by atoms with van der Waals surface area (Å²) in [5, 5.41) is 6.54. The lowest BCUT2D eigenvalue weighted by atomic mass is 10.2. The number of amides is 1. The first-order valence-corrected chi connectivity index (χ1v) is 10.1. The number of hydrogen-bond donors (Lipinski definition) is 1. The highest BCUT2D eigenvalue weighted by molar-refractivity contribution is 7.13. The highest BCUT2D eigenvalue weighted by Gasteiger charge is 2.07. The average Bonchev–Trinajstić information content (AvgIpc) is 3.16. The maximum Gasteiger partial charge on any atom is 0.257 e. The summed E-state index contributed by atoms with van der Waals surface area (Å²) >= 11 is 7.50. The van der Waals surface area contributed by atoms with Gasteiger partial charge in [-0.25, -0.2) is 4.98 Å². The molecule has 1 N–H and O–H groups in total. The SMILES string of the molecule is CCc1ccc(OCC(=O)NCCc2csc(-c3ccc(Cl)cc3)n2)cc1. The monoisotopic (exact) mass is 400 g/mol. The van der Waals surface area contributed by atoms with Crippen molar-refractivity contribution in [1.29, 1.82) is 0 Å². The number of rotatable bonds is 8. The Morgan fingerprint density at radius 2 is 1.89 bits per heavy atom. The quantitative estimate of drug-likeness (QED) is 0.592.